The number of benzene rings is 1. The summed E-state index contributed by atoms with van der Waals surface area (Å²) >= 11 is 1.56. The smallest absolute Gasteiger partial charge is 0.191 e. The molecule has 1 saturated heterocycles. The number of rotatable bonds is 7. The van der Waals surface area contributed by atoms with Crippen molar-refractivity contribution in [2.45, 2.75) is 25.9 Å². The van der Waals surface area contributed by atoms with E-state index in [4.69, 9.17) is 0 Å². The van der Waals surface area contributed by atoms with Gasteiger partial charge in [0.05, 0.1) is 6.54 Å². The molecule has 2 unspecified atom stereocenters. The molecule has 0 aliphatic carbocycles. The fourth-order valence-electron chi connectivity index (χ4n) is 3.35. The van der Waals surface area contributed by atoms with Gasteiger partial charge in [-0.3, -0.25) is 0 Å². The summed E-state index contributed by atoms with van der Waals surface area (Å²) in [4.78, 5) is 8.00. The molecule has 1 aromatic carbocycles. The molecule has 1 aliphatic rings. The predicted octanol–water partition coefficient (Wildman–Crippen LogP) is 3.66. The van der Waals surface area contributed by atoms with E-state index in [1.807, 2.05) is 24.4 Å². The lowest BCUT2D eigenvalue weighted by atomic mass is 10.1. The standard InChI is InChI=1S/C21H30N4OS.HI/c1-3-22-20(24-16-21(2,26)19-10-7-13-27-19)23-14-17-11-12-25(15-17)18-8-5-4-6-9-18;/h4-10,13,17,26H,3,11-12,14-16H2,1-2H3,(H2,22,23,24);1H. The highest BCUT2D eigenvalue weighted by molar-refractivity contribution is 14.0. The number of hydrogen-bond donors (Lipinski definition) is 3. The molecule has 1 aromatic heterocycles. The Bertz CT molecular complexity index is 721. The van der Waals surface area contributed by atoms with Crippen molar-refractivity contribution < 1.29 is 5.11 Å². The Kier molecular flexibility index (Phi) is 9.04. The first kappa shape index (κ1) is 23.0. The number of hydrogen-bond acceptors (Lipinski definition) is 4. The zero-order valence-corrected chi connectivity index (χ0v) is 19.7. The molecule has 0 amide bonds. The van der Waals surface area contributed by atoms with Gasteiger partial charge in [0.25, 0.3) is 0 Å². The molecule has 2 aromatic rings. The maximum absolute atomic E-state index is 10.7. The van der Waals surface area contributed by atoms with Crippen molar-refractivity contribution in [2.24, 2.45) is 10.9 Å². The van der Waals surface area contributed by atoms with Crippen LogP contribution in [0.25, 0.3) is 0 Å². The van der Waals surface area contributed by atoms with Gasteiger partial charge in [-0.05, 0) is 49.8 Å². The molecule has 3 N–H and O–H groups in total. The van der Waals surface area contributed by atoms with Crippen LogP contribution in [0.2, 0.25) is 0 Å². The van der Waals surface area contributed by atoms with Crippen molar-refractivity contribution in [1.82, 2.24) is 10.6 Å². The van der Waals surface area contributed by atoms with E-state index >= 15 is 0 Å². The predicted molar refractivity (Wildman–Crippen MR) is 130 cm³/mol. The summed E-state index contributed by atoms with van der Waals surface area (Å²) in [5.74, 6) is 1.36. The van der Waals surface area contributed by atoms with Crippen LogP contribution >= 0.6 is 35.3 Å². The molecule has 0 bridgehead atoms. The summed E-state index contributed by atoms with van der Waals surface area (Å²) < 4.78 is 0. The van der Waals surface area contributed by atoms with Crippen molar-refractivity contribution in [3.8, 4) is 0 Å². The third-order valence-electron chi connectivity index (χ3n) is 4.91. The number of nitrogens with zero attached hydrogens (tertiary/aromatic N) is 2. The summed E-state index contributed by atoms with van der Waals surface area (Å²) in [7, 11) is 0. The minimum atomic E-state index is -0.937. The average molecular weight is 514 g/mol. The first-order chi connectivity index (χ1) is 13.1. The minimum absolute atomic E-state index is 0. The summed E-state index contributed by atoms with van der Waals surface area (Å²) in [5.41, 5.74) is 0.362. The van der Waals surface area contributed by atoms with Gasteiger partial charge in [0, 0.05) is 36.7 Å². The number of aliphatic imine (C=N–C) groups is 1. The van der Waals surface area contributed by atoms with Gasteiger partial charge in [-0.2, -0.15) is 0 Å². The molecular weight excluding hydrogens is 483 g/mol. The average Bonchev–Trinajstić information content (AvgIpc) is 3.37. The second-order valence-corrected chi connectivity index (χ2v) is 8.21. The van der Waals surface area contributed by atoms with Crippen LogP contribution in [0.5, 0.6) is 0 Å². The van der Waals surface area contributed by atoms with E-state index < -0.39 is 5.60 Å². The molecule has 0 radical (unpaired) electrons. The van der Waals surface area contributed by atoms with E-state index in [-0.39, 0.29) is 24.0 Å². The SMILES string of the molecule is CCNC(=NCC(C)(O)c1cccs1)NCC1CCN(c2ccccc2)C1.I. The summed E-state index contributed by atoms with van der Waals surface area (Å²) in [6.45, 7) is 8.05. The van der Waals surface area contributed by atoms with Crippen LogP contribution in [0, 0.1) is 5.92 Å². The van der Waals surface area contributed by atoms with Crippen molar-refractivity contribution in [2.75, 3.05) is 37.6 Å². The number of guanidine groups is 1. The van der Waals surface area contributed by atoms with Gasteiger partial charge < -0.3 is 20.6 Å². The van der Waals surface area contributed by atoms with Gasteiger partial charge in [0.1, 0.15) is 5.60 Å². The Labute approximate surface area is 189 Å². The highest BCUT2D eigenvalue weighted by Gasteiger charge is 2.25. The zero-order valence-electron chi connectivity index (χ0n) is 16.6. The molecule has 0 saturated carbocycles. The van der Waals surface area contributed by atoms with Gasteiger partial charge in [-0.25, -0.2) is 4.99 Å². The molecular formula is C21H31IN4OS. The van der Waals surface area contributed by atoms with E-state index in [9.17, 15) is 5.11 Å². The largest absolute Gasteiger partial charge is 0.383 e. The fraction of sp³-hybridized carbons (Fsp3) is 0.476. The Morgan fingerprint density at radius 1 is 1.25 bits per heavy atom. The van der Waals surface area contributed by atoms with E-state index in [0.717, 1.165) is 37.0 Å². The van der Waals surface area contributed by atoms with Gasteiger partial charge in [-0.15, -0.1) is 35.3 Å². The number of anilines is 1. The molecule has 7 heteroatoms. The molecule has 28 heavy (non-hydrogen) atoms. The van der Waals surface area contributed by atoms with Gasteiger partial charge in [0.15, 0.2) is 5.96 Å². The number of nitrogens with one attached hydrogen (secondary N) is 2. The number of halogens is 1. The van der Waals surface area contributed by atoms with E-state index in [2.05, 4.69) is 57.8 Å². The van der Waals surface area contributed by atoms with E-state index in [1.165, 1.54) is 12.1 Å². The van der Waals surface area contributed by atoms with Crippen LogP contribution in [-0.4, -0.2) is 43.8 Å². The highest BCUT2D eigenvalue weighted by Crippen LogP contribution is 2.25. The Hall–Kier alpha value is -1.32. The van der Waals surface area contributed by atoms with Gasteiger partial charge >= 0.3 is 0 Å². The third-order valence-corrected chi connectivity index (χ3v) is 6.03. The van der Waals surface area contributed by atoms with Crippen LogP contribution in [0.15, 0.2) is 52.8 Å². The Balaban J connectivity index is 0.00000280. The second-order valence-electron chi connectivity index (χ2n) is 7.26. The lowest BCUT2D eigenvalue weighted by Crippen LogP contribution is -2.41. The Morgan fingerprint density at radius 2 is 2.04 bits per heavy atom. The lowest BCUT2D eigenvalue weighted by Gasteiger charge is -2.21. The molecule has 2 heterocycles. The number of aliphatic hydroxyl groups is 1. The fourth-order valence-corrected chi connectivity index (χ4v) is 4.13. The number of para-hydroxylation sites is 1. The number of thiophene rings is 1. The van der Waals surface area contributed by atoms with Gasteiger partial charge in [0.2, 0.25) is 0 Å². The van der Waals surface area contributed by atoms with Crippen molar-refractivity contribution in [1.29, 1.82) is 0 Å². The molecule has 2 atom stereocenters. The maximum Gasteiger partial charge on any atom is 0.191 e. The van der Waals surface area contributed by atoms with Gasteiger partial charge in [-0.1, -0.05) is 24.3 Å². The normalized spacial score (nSPS) is 19.0. The van der Waals surface area contributed by atoms with Crippen molar-refractivity contribution in [3.63, 3.8) is 0 Å². The first-order valence-electron chi connectivity index (χ1n) is 9.67. The summed E-state index contributed by atoms with van der Waals surface area (Å²) in [6.07, 6.45) is 1.17. The van der Waals surface area contributed by atoms with Crippen LogP contribution < -0.4 is 15.5 Å². The third kappa shape index (κ3) is 6.35. The second kappa shape index (κ2) is 11.0. The molecule has 1 fully saturated rings. The Morgan fingerprint density at radius 3 is 2.71 bits per heavy atom. The molecule has 5 nitrogen and oxygen atoms in total. The topological polar surface area (TPSA) is 59.9 Å². The van der Waals surface area contributed by atoms with Crippen molar-refractivity contribution >= 4 is 47.0 Å². The van der Waals surface area contributed by atoms with E-state index in [1.54, 1.807) is 11.3 Å². The van der Waals surface area contributed by atoms with Crippen molar-refractivity contribution in [3.05, 3.63) is 52.7 Å². The highest BCUT2D eigenvalue weighted by atomic mass is 127. The van der Waals surface area contributed by atoms with Crippen LogP contribution in [0.4, 0.5) is 5.69 Å². The summed E-state index contributed by atoms with van der Waals surface area (Å²) in [6, 6.07) is 14.5. The molecule has 154 valence electrons. The minimum Gasteiger partial charge on any atom is -0.383 e. The molecule has 3 rings (SSSR count). The van der Waals surface area contributed by atoms with Crippen LogP contribution in [-0.2, 0) is 5.60 Å². The monoisotopic (exact) mass is 514 g/mol. The first-order valence-corrected chi connectivity index (χ1v) is 10.5. The molecule has 0 spiro atoms. The van der Waals surface area contributed by atoms with Crippen LogP contribution in [0.1, 0.15) is 25.1 Å². The molecule has 1 aliphatic heterocycles. The van der Waals surface area contributed by atoms with Crippen LogP contribution in [0.3, 0.4) is 0 Å². The van der Waals surface area contributed by atoms with E-state index in [0.29, 0.717) is 12.5 Å². The lowest BCUT2D eigenvalue weighted by molar-refractivity contribution is 0.0711. The zero-order chi connectivity index (χ0) is 19.1. The summed E-state index contributed by atoms with van der Waals surface area (Å²) in [5, 5.41) is 19.4. The quantitative estimate of drug-likeness (QED) is 0.300. The maximum atomic E-state index is 10.7.